The Morgan fingerprint density at radius 3 is 2.63 bits per heavy atom. The van der Waals surface area contributed by atoms with E-state index in [1.807, 2.05) is 0 Å². The molecule has 2 rings (SSSR count). The Labute approximate surface area is 118 Å². The summed E-state index contributed by atoms with van der Waals surface area (Å²) in [5.41, 5.74) is 1.44. The molecule has 1 amide bonds. The molecule has 0 radical (unpaired) electrons. The zero-order valence-corrected chi connectivity index (χ0v) is 11.7. The molecule has 0 saturated carbocycles. The van der Waals surface area contributed by atoms with Gasteiger partial charge in [-0.3, -0.25) is 14.6 Å². The van der Waals surface area contributed by atoms with Crippen molar-refractivity contribution in [3.05, 3.63) is 38.8 Å². The van der Waals surface area contributed by atoms with Crippen LogP contribution in [0.2, 0.25) is 0 Å². The zero-order chi connectivity index (χ0) is 13.8. The third-order valence-corrected chi connectivity index (χ3v) is 3.50. The monoisotopic (exact) mass is 293 g/mol. The van der Waals surface area contributed by atoms with Crippen molar-refractivity contribution in [3.8, 4) is 0 Å². The maximum absolute atomic E-state index is 11.1. The van der Waals surface area contributed by atoms with Crippen molar-refractivity contribution in [2.45, 2.75) is 11.9 Å². The lowest BCUT2D eigenvalue weighted by Gasteiger charge is -2.01. The molecule has 7 heteroatoms. The summed E-state index contributed by atoms with van der Waals surface area (Å²) in [7, 11) is 0. The summed E-state index contributed by atoms with van der Waals surface area (Å²) in [5, 5.41) is 3.18. The third kappa shape index (κ3) is 3.80. The lowest BCUT2D eigenvalue weighted by atomic mass is 10.3. The lowest BCUT2D eigenvalue weighted by Crippen LogP contribution is -2.04. The minimum atomic E-state index is -0.160. The van der Waals surface area contributed by atoms with Crippen molar-refractivity contribution in [1.82, 2.24) is 4.98 Å². The second-order valence-electron chi connectivity index (χ2n) is 3.71. The third-order valence-electron chi connectivity index (χ3n) is 2.18. The van der Waals surface area contributed by atoms with Crippen LogP contribution < -0.4 is 10.2 Å². The summed E-state index contributed by atoms with van der Waals surface area (Å²) in [5.74, 6) is -0.118. The molecule has 2 N–H and O–H groups in total. The van der Waals surface area contributed by atoms with Gasteiger partial charge in [-0.2, -0.15) is 0 Å². The van der Waals surface area contributed by atoms with Crippen LogP contribution in [0.1, 0.15) is 11.8 Å². The van der Waals surface area contributed by atoms with Crippen molar-refractivity contribution in [1.29, 1.82) is 0 Å². The number of anilines is 1. The van der Waals surface area contributed by atoms with Gasteiger partial charge in [0.25, 0.3) is 0 Å². The molecule has 0 aliphatic heterocycles. The number of amides is 1. The van der Waals surface area contributed by atoms with E-state index >= 15 is 0 Å². The van der Waals surface area contributed by atoms with Crippen LogP contribution >= 0.6 is 24.0 Å². The zero-order valence-electron chi connectivity index (χ0n) is 10.0. The molecule has 1 heterocycles. The molecular weight excluding hydrogens is 282 g/mol. The highest BCUT2D eigenvalue weighted by Gasteiger charge is 2.01. The molecular formula is C12H11N3O2S2. The van der Waals surface area contributed by atoms with E-state index in [9.17, 15) is 9.59 Å². The second-order valence-corrected chi connectivity index (χ2v) is 5.18. The number of aliphatic imine (C=N–C) groups is 1. The molecule has 1 aromatic carbocycles. The van der Waals surface area contributed by atoms with Crippen LogP contribution in [0.5, 0.6) is 0 Å². The number of carbonyl (C=O) groups is 1. The highest BCUT2D eigenvalue weighted by Crippen LogP contribution is 2.17. The summed E-state index contributed by atoms with van der Waals surface area (Å²) >= 11 is 5.19. The average molecular weight is 293 g/mol. The number of hydrogen-bond donors (Lipinski definition) is 3. The molecule has 0 unspecified atom stereocenters. The summed E-state index contributed by atoms with van der Waals surface area (Å²) in [6.07, 6.45) is 1.58. The molecule has 0 aliphatic rings. The highest BCUT2D eigenvalue weighted by molar-refractivity contribution is 7.80. The fraction of sp³-hybridized carbons (Fsp3) is 0.0833. The van der Waals surface area contributed by atoms with Gasteiger partial charge in [-0.1, -0.05) is 11.3 Å². The molecule has 5 nitrogen and oxygen atoms in total. The Morgan fingerprint density at radius 1 is 1.42 bits per heavy atom. The summed E-state index contributed by atoms with van der Waals surface area (Å²) in [6, 6.07) is 7.06. The minimum absolute atomic E-state index is 0.118. The normalized spacial score (nSPS) is 10.8. The van der Waals surface area contributed by atoms with Gasteiger partial charge in [-0.05, 0) is 24.3 Å². The van der Waals surface area contributed by atoms with Gasteiger partial charge in [-0.25, -0.2) is 0 Å². The van der Waals surface area contributed by atoms with E-state index in [-0.39, 0.29) is 10.8 Å². The van der Waals surface area contributed by atoms with E-state index in [1.165, 1.54) is 6.92 Å². The summed E-state index contributed by atoms with van der Waals surface area (Å²) < 4.78 is 0. The molecule has 0 atom stereocenters. The summed E-state index contributed by atoms with van der Waals surface area (Å²) in [6.45, 7) is 1.45. The fourth-order valence-electron chi connectivity index (χ4n) is 1.39. The number of thiol groups is 1. The Bertz CT molecular complexity index is 671. The molecule has 98 valence electrons. The number of rotatable bonds is 3. The van der Waals surface area contributed by atoms with Gasteiger partial charge in [-0.15, -0.1) is 12.6 Å². The van der Waals surface area contributed by atoms with Gasteiger partial charge in [0.2, 0.25) is 5.91 Å². The predicted octanol–water partition coefficient (Wildman–Crippen LogP) is 2.43. The molecule has 0 bridgehead atoms. The largest absolute Gasteiger partial charge is 0.326 e. The van der Waals surface area contributed by atoms with Gasteiger partial charge in [0.15, 0.2) is 0 Å². The Balaban J connectivity index is 2.13. The number of H-pyrrole nitrogens is 1. The van der Waals surface area contributed by atoms with Crippen molar-refractivity contribution in [3.63, 3.8) is 0 Å². The van der Waals surface area contributed by atoms with E-state index in [0.717, 1.165) is 17.0 Å². The van der Waals surface area contributed by atoms with E-state index in [2.05, 4.69) is 27.9 Å². The van der Waals surface area contributed by atoms with E-state index < -0.39 is 0 Å². The number of thiazole rings is 1. The topological polar surface area (TPSA) is 74.3 Å². The first-order valence-corrected chi connectivity index (χ1v) is 6.65. The smallest absolute Gasteiger partial charge is 0.305 e. The van der Waals surface area contributed by atoms with Gasteiger partial charge >= 0.3 is 4.87 Å². The van der Waals surface area contributed by atoms with Crippen molar-refractivity contribution in [2.24, 2.45) is 4.99 Å². The molecule has 1 aromatic heterocycles. The second kappa shape index (κ2) is 5.85. The van der Waals surface area contributed by atoms with Crippen molar-refractivity contribution < 1.29 is 4.79 Å². The van der Waals surface area contributed by atoms with E-state index in [1.54, 1.807) is 30.5 Å². The Hall–Kier alpha value is -1.86. The quantitative estimate of drug-likeness (QED) is 0.600. The number of aromatic nitrogens is 1. The van der Waals surface area contributed by atoms with Crippen LogP contribution in [-0.4, -0.2) is 17.1 Å². The highest BCUT2D eigenvalue weighted by atomic mass is 32.1. The number of nitrogens with zero attached hydrogens (tertiary/aromatic N) is 1. The number of aromatic amines is 1. The van der Waals surface area contributed by atoms with Gasteiger partial charge in [0.05, 0.1) is 15.6 Å². The first-order chi connectivity index (χ1) is 9.04. The molecule has 0 fully saturated rings. The molecule has 0 spiro atoms. The maximum Gasteiger partial charge on any atom is 0.305 e. The minimum Gasteiger partial charge on any atom is -0.326 e. The lowest BCUT2D eigenvalue weighted by molar-refractivity contribution is -0.114. The van der Waals surface area contributed by atoms with Crippen LogP contribution in [0.3, 0.4) is 0 Å². The van der Waals surface area contributed by atoms with Gasteiger partial charge < -0.3 is 10.3 Å². The molecule has 0 aliphatic carbocycles. The van der Waals surface area contributed by atoms with Crippen LogP contribution in [0.25, 0.3) is 0 Å². The number of hydrogen-bond acceptors (Lipinski definition) is 5. The molecule has 2 aromatic rings. The predicted molar refractivity (Wildman–Crippen MR) is 80.2 cm³/mol. The molecule has 19 heavy (non-hydrogen) atoms. The van der Waals surface area contributed by atoms with Crippen molar-refractivity contribution in [2.75, 3.05) is 5.32 Å². The fourth-order valence-corrected chi connectivity index (χ4v) is 2.36. The van der Waals surface area contributed by atoms with Crippen LogP contribution in [-0.2, 0) is 4.79 Å². The van der Waals surface area contributed by atoms with E-state index in [0.29, 0.717) is 15.6 Å². The van der Waals surface area contributed by atoms with E-state index in [4.69, 9.17) is 0 Å². The average Bonchev–Trinajstić information content (AvgIpc) is 2.66. The van der Waals surface area contributed by atoms with Crippen molar-refractivity contribution >= 4 is 47.5 Å². The number of nitrogens with one attached hydrogen (secondary N) is 2. The first kappa shape index (κ1) is 13.6. The molecule has 0 saturated heterocycles. The first-order valence-electron chi connectivity index (χ1n) is 5.38. The summed E-state index contributed by atoms with van der Waals surface area (Å²) in [4.78, 5) is 29.3. The van der Waals surface area contributed by atoms with Gasteiger partial charge in [0, 0.05) is 18.8 Å². The number of benzene rings is 1. The standard InChI is InChI=1S/C12H11N3O2S2/c1-7(16)14-9-4-2-8(3-5-9)13-6-10-11(18)15-12(17)19-10/h2-6,18H,1H3,(H,14,16)(H,15,17). The Kier molecular flexibility index (Phi) is 4.18. The van der Waals surface area contributed by atoms with Gasteiger partial charge in [0.1, 0.15) is 0 Å². The van der Waals surface area contributed by atoms with Crippen LogP contribution in [0.4, 0.5) is 11.4 Å². The van der Waals surface area contributed by atoms with Crippen LogP contribution in [0.15, 0.2) is 39.1 Å². The maximum atomic E-state index is 11.1. The Morgan fingerprint density at radius 2 is 2.11 bits per heavy atom. The van der Waals surface area contributed by atoms with Crippen LogP contribution in [0, 0.1) is 0 Å². The SMILES string of the molecule is CC(=O)Nc1ccc(N=Cc2sc(=O)[nH]c2S)cc1. The number of carbonyl (C=O) groups excluding carboxylic acids is 1.